The summed E-state index contributed by atoms with van der Waals surface area (Å²) in [5, 5.41) is 2.60. The highest BCUT2D eigenvalue weighted by Gasteiger charge is 2.50. The van der Waals surface area contributed by atoms with E-state index in [9.17, 15) is 24.0 Å². The van der Waals surface area contributed by atoms with Crippen molar-refractivity contribution in [3.05, 3.63) is 42.0 Å². The number of imide groups is 1. The van der Waals surface area contributed by atoms with Gasteiger partial charge < -0.3 is 10.1 Å². The third kappa shape index (κ3) is 4.17. The Balaban J connectivity index is 1.59. The van der Waals surface area contributed by atoms with Crippen molar-refractivity contribution in [1.29, 1.82) is 0 Å². The number of carbonyl (C=O) groups is 5. The SMILES string of the molecule is CC(=O)c1ccc(NC(=O)C(C)OC(=O)C(C)N2C(=O)C3CC=CCC3C2=O)cc1. The van der Waals surface area contributed by atoms with Crippen LogP contribution in [0.3, 0.4) is 0 Å². The monoisotopic (exact) mass is 412 g/mol. The van der Waals surface area contributed by atoms with E-state index in [0.717, 1.165) is 4.90 Å². The number of esters is 1. The lowest BCUT2D eigenvalue weighted by Crippen LogP contribution is -2.46. The Labute approximate surface area is 174 Å². The predicted octanol–water partition coefficient (Wildman–Crippen LogP) is 2.10. The number of anilines is 1. The van der Waals surface area contributed by atoms with Gasteiger partial charge in [0.2, 0.25) is 11.8 Å². The van der Waals surface area contributed by atoms with Gasteiger partial charge in [-0.25, -0.2) is 4.79 Å². The molecule has 8 nitrogen and oxygen atoms in total. The molecule has 1 aromatic rings. The molecule has 3 amide bonds. The normalized spacial score (nSPS) is 22.3. The highest BCUT2D eigenvalue weighted by Crippen LogP contribution is 2.36. The summed E-state index contributed by atoms with van der Waals surface area (Å²) >= 11 is 0. The van der Waals surface area contributed by atoms with E-state index in [1.807, 2.05) is 12.2 Å². The van der Waals surface area contributed by atoms with E-state index in [4.69, 9.17) is 4.74 Å². The van der Waals surface area contributed by atoms with Crippen molar-refractivity contribution in [3.8, 4) is 0 Å². The van der Waals surface area contributed by atoms with Crippen LogP contribution in [0, 0.1) is 11.8 Å². The summed E-state index contributed by atoms with van der Waals surface area (Å²) in [6, 6.07) is 5.19. The third-order valence-electron chi connectivity index (χ3n) is 5.49. The highest BCUT2D eigenvalue weighted by atomic mass is 16.5. The first kappa shape index (κ1) is 21.4. The maximum atomic E-state index is 12.6. The lowest BCUT2D eigenvalue weighted by Gasteiger charge is -2.23. The summed E-state index contributed by atoms with van der Waals surface area (Å²) in [7, 11) is 0. The second-order valence-electron chi connectivity index (χ2n) is 7.58. The van der Waals surface area contributed by atoms with Crippen LogP contribution in [0.4, 0.5) is 5.69 Å². The van der Waals surface area contributed by atoms with Gasteiger partial charge in [-0.3, -0.25) is 24.1 Å². The Hall–Kier alpha value is -3.29. The molecule has 1 aromatic carbocycles. The van der Waals surface area contributed by atoms with Crippen molar-refractivity contribution in [2.24, 2.45) is 11.8 Å². The molecule has 1 fully saturated rings. The van der Waals surface area contributed by atoms with Gasteiger partial charge in [-0.15, -0.1) is 0 Å². The molecule has 1 N–H and O–H groups in total. The van der Waals surface area contributed by atoms with Gasteiger partial charge in [0.15, 0.2) is 11.9 Å². The van der Waals surface area contributed by atoms with Gasteiger partial charge in [0.25, 0.3) is 5.91 Å². The maximum Gasteiger partial charge on any atom is 0.329 e. The van der Waals surface area contributed by atoms with Crippen LogP contribution in [0.1, 0.15) is 44.0 Å². The first-order valence-electron chi connectivity index (χ1n) is 9.85. The number of fused-ring (bicyclic) bond motifs is 1. The molecular formula is C22H24N2O6. The van der Waals surface area contributed by atoms with Crippen molar-refractivity contribution < 1.29 is 28.7 Å². The Morgan fingerprint density at radius 2 is 1.53 bits per heavy atom. The molecule has 1 saturated heterocycles. The van der Waals surface area contributed by atoms with E-state index < -0.39 is 35.9 Å². The molecule has 4 unspecified atom stereocenters. The van der Waals surface area contributed by atoms with Crippen LogP contribution in [0.15, 0.2) is 36.4 Å². The number of hydrogen-bond acceptors (Lipinski definition) is 6. The Morgan fingerprint density at radius 1 is 1.00 bits per heavy atom. The molecule has 0 saturated carbocycles. The van der Waals surface area contributed by atoms with Crippen LogP contribution in [-0.4, -0.2) is 46.5 Å². The number of nitrogens with one attached hydrogen (secondary N) is 1. The van der Waals surface area contributed by atoms with E-state index in [1.54, 1.807) is 24.3 Å². The number of benzene rings is 1. The number of likely N-dealkylation sites (tertiary alicyclic amines) is 1. The van der Waals surface area contributed by atoms with E-state index in [1.165, 1.54) is 20.8 Å². The van der Waals surface area contributed by atoms with Gasteiger partial charge in [-0.2, -0.15) is 0 Å². The van der Waals surface area contributed by atoms with Crippen LogP contribution in [0.5, 0.6) is 0 Å². The van der Waals surface area contributed by atoms with Gasteiger partial charge in [0, 0.05) is 11.3 Å². The molecular weight excluding hydrogens is 388 g/mol. The van der Waals surface area contributed by atoms with Crippen molar-refractivity contribution >= 4 is 35.2 Å². The zero-order chi connectivity index (χ0) is 22.0. The molecule has 2 aliphatic rings. The smallest absolute Gasteiger partial charge is 0.329 e. The number of rotatable bonds is 6. The van der Waals surface area contributed by atoms with Gasteiger partial charge >= 0.3 is 5.97 Å². The van der Waals surface area contributed by atoms with Crippen molar-refractivity contribution in [1.82, 2.24) is 4.90 Å². The van der Waals surface area contributed by atoms with Crippen LogP contribution >= 0.6 is 0 Å². The summed E-state index contributed by atoms with van der Waals surface area (Å²) in [5.41, 5.74) is 0.958. The van der Waals surface area contributed by atoms with Gasteiger partial charge in [-0.05, 0) is 57.9 Å². The zero-order valence-corrected chi connectivity index (χ0v) is 17.1. The summed E-state index contributed by atoms with van der Waals surface area (Å²) in [5.74, 6) is -3.09. The molecule has 0 spiro atoms. The standard InChI is InChI=1S/C22H24N2O6/c1-12(24-20(27)17-6-4-5-7-18(17)21(24)28)22(29)30-14(3)19(26)23-16-10-8-15(9-11-16)13(2)25/h4-5,8-12,14,17-18H,6-7H2,1-3H3,(H,23,26). The van der Waals surface area contributed by atoms with Gasteiger partial charge in [0.1, 0.15) is 6.04 Å². The van der Waals surface area contributed by atoms with Crippen molar-refractivity contribution in [2.75, 3.05) is 5.32 Å². The van der Waals surface area contributed by atoms with Gasteiger partial charge in [0.05, 0.1) is 11.8 Å². The molecule has 1 aliphatic heterocycles. The summed E-state index contributed by atoms with van der Waals surface area (Å²) in [6.45, 7) is 4.27. The van der Waals surface area contributed by atoms with Crippen molar-refractivity contribution in [3.63, 3.8) is 0 Å². The van der Waals surface area contributed by atoms with Crippen LogP contribution < -0.4 is 5.32 Å². The number of allylic oxidation sites excluding steroid dienone is 2. The average molecular weight is 412 g/mol. The molecule has 4 atom stereocenters. The molecule has 8 heteroatoms. The fourth-order valence-corrected chi connectivity index (χ4v) is 3.67. The third-order valence-corrected chi connectivity index (χ3v) is 5.49. The lowest BCUT2D eigenvalue weighted by molar-refractivity contribution is -0.163. The predicted molar refractivity (Wildman–Crippen MR) is 107 cm³/mol. The minimum absolute atomic E-state index is 0.0919. The first-order valence-corrected chi connectivity index (χ1v) is 9.85. The van der Waals surface area contributed by atoms with E-state index >= 15 is 0 Å². The van der Waals surface area contributed by atoms with Crippen LogP contribution in [0.2, 0.25) is 0 Å². The second-order valence-corrected chi connectivity index (χ2v) is 7.58. The fraction of sp³-hybridized carbons (Fsp3) is 0.409. The quantitative estimate of drug-likeness (QED) is 0.332. The molecule has 30 heavy (non-hydrogen) atoms. The Morgan fingerprint density at radius 3 is 2.03 bits per heavy atom. The molecule has 0 bridgehead atoms. The number of hydrogen-bond donors (Lipinski definition) is 1. The number of Topliss-reactive ketones (excluding diaryl/α,β-unsaturated/α-hetero) is 1. The Bertz CT molecular complexity index is 894. The number of amides is 3. The molecule has 0 radical (unpaired) electrons. The zero-order valence-electron chi connectivity index (χ0n) is 17.1. The summed E-state index contributed by atoms with van der Waals surface area (Å²) in [4.78, 5) is 62.3. The summed E-state index contributed by atoms with van der Waals surface area (Å²) < 4.78 is 5.20. The maximum absolute atomic E-state index is 12.6. The van der Waals surface area contributed by atoms with E-state index in [0.29, 0.717) is 24.1 Å². The number of ketones is 1. The number of carbonyl (C=O) groups excluding carboxylic acids is 5. The Kier molecular flexibility index (Phi) is 6.14. The molecule has 1 aliphatic carbocycles. The molecule has 158 valence electrons. The topological polar surface area (TPSA) is 110 Å². The largest absolute Gasteiger partial charge is 0.451 e. The van der Waals surface area contributed by atoms with Crippen molar-refractivity contribution in [2.45, 2.75) is 45.8 Å². The highest BCUT2D eigenvalue weighted by molar-refractivity contribution is 6.08. The minimum Gasteiger partial charge on any atom is -0.451 e. The molecule has 0 aromatic heterocycles. The second kappa shape index (κ2) is 8.61. The summed E-state index contributed by atoms with van der Waals surface area (Å²) in [6.07, 6.45) is 3.57. The van der Waals surface area contributed by atoms with Crippen LogP contribution in [0.25, 0.3) is 0 Å². The van der Waals surface area contributed by atoms with Gasteiger partial charge in [-0.1, -0.05) is 12.2 Å². The van der Waals surface area contributed by atoms with Crippen LogP contribution in [-0.2, 0) is 23.9 Å². The molecule has 1 heterocycles. The van der Waals surface area contributed by atoms with E-state index in [2.05, 4.69) is 5.32 Å². The molecule has 3 rings (SSSR count). The lowest BCUT2D eigenvalue weighted by atomic mass is 9.85. The van der Waals surface area contributed by atoms with E-state index in [-0.39, 0.29) is 17.6 Å². The minimum atomic E-state index is -1.14. The number of nitrogens with zero attached hydrogens (tertiary/aromatic N) is 1. The first-order chi connectivity index (χ1) is 14.2. The average Bonchev–Trinajstić information content (AvgIpc) is 2.98. The fourth-order valence-electron chi connectivity index (χ4n) is 3.67. The number of ether oxygens (including phenoxy) is 1.